The van der Waals surface area contributed by atoms with Crippen molar-refractivity contribution in [2.24, 2.45) is 0 Å². The summed E-state index contributed by atoms with van der Waals surface area (Å²) >= 11 is 0. The van der Waals surface area contributed by atoms with Gasteiger partial charge in [0.25, 0.3) is 0 Å². The molecule has 0 atom stereocenters. The number of allylic oxidation sites excluding steroid dienone is 3. The number of hydrogen-bond acceptors (Lipinski definition) is 3. The maximum Gasteiger partial charge on any atom is 0.0465 e. The standard InChI is InChI=1S/C23H31N3/c1-17-14-21(16-25(5)19(17)3)20-6-7-22(18(2)15-20)23(8-9-23)26-12-10-24(4)11-13-26/h6-7,14-16H,3,8-13H2,1-2,4-5H3. The van der Waals surface area contributed by atoms with Crippen LogP contribution in [0.2, 0.25) is 0 Å². The maximum absolute atomic E-state index is 4.14. The van der Waals surface area contributed by atoms with Crippen LogP contribution in [0.25, 0.3) is 5.57 Å². The van der Waals surface area contributed by atoms with E-state index in [0.29, 0.717) is 5.54 Å². The van der Waals surface area contributed by atoms with Crippen LogP contribution in [0.1, 0.15) is 36.5 Å². The van der Waals surface area contributed by atoms with Crippen molar-refractivity contribution in [3.8, 4) is 0 Å². The van der Waals surface area contributed by atoms with Crippen LogP contribution in [0.5, 0.6) is 0 Å². The first-order valence-corrected chi connectivity index (χ1v) is 9.78. The van der Waals surface area contributed by atoms with Crippen molar-refractivity contribution in [3.63, 3.8) is 0 Å². The predicted octanol–water partition coefficient (Wildman–Crippen LogP) is 3.98. The third-order valence-electron chi connectivity index (χ3n) is 6.48. The monoisotopic (exact) mass is 349 g/mol. The average Bonchev–Trinajstić information content (AvgIpc) is 3.41. The SMILES string of the molecule is C=C1C(C)=CC(c2ccc(C3(N4CCN(C)CC4)CC3)c(C)c2)=CN1C. The van der Waals surface area contributed by atoms with E-state index in [0.717, 1.165) is 5.70 Å². The minimum absolute atomic E-state index is 0.307. The van der Waals surface area contributed by atoms with E-state index in [1.165, 1.54) is 61.3 Å². The Morgan fingerprint density at radius 2 is 1.69 bits per heavy atom. The van der Waals surface area contributed by atoms with Crippen molar-refractivity contribution >= 4 is 5.57 Å². The van der Waals surface area contributed by atoms with Crippen LogP contribution < -0.4 is 0 Å². The Hall–Kier alpha value is -1.84. The van der Waals surface area contributed by atoms with Gasteiger partial charge in [-0.3, -0.25) is 4.90 Å². The summed E-state index contributed by atoms with van der Waals surface area (Å²) in [5.41, 5.74) is 8.17. The second kappa shape index (κ2) is 6.40. The quantitative estimate of drug-likeness (QED) is 0.817. The first-order valence-electron chi connectivity index (χ1n) is 9.78. The average molecular weight is 350 g/mol. The van der Waals surface area contributed by atoms with Crippen molar-refractivity contribution in [1.29, 1.82) is 0 Å². The van der Waals surface area contributed by atoms with Gasteiger partial charge >= 0.3 is 0 Å². The van der Waals surface area contributed by atoms with Gasteiger partial charge in [0.05, 0.1) is 0 Å². The first-order chi connectivity index (χ1) is 12.4. The second-order valence-corrected chi connectivity index (χ2v) is 8.32. The van der Waals surface area contributed by atoms with E-state index in [2.05, 4.69) is 79.7 Å². The van der Waals surface area contributed by atoms with Crippen molar-refractivity contribution in [2.45, 2.75) is 32.2 Å². The molecule has 0 amide bonds. The third-order valence-corrected chi connectivity index (χ3v) is 6.48. The summed E-state index contributed by atoms with van der Waals surface area (Å²) < 4.78 is 0. The van der Waals surface area contributed by atoms with E-state index in [1.807, 2.05) is 0 Å². The van der Waals surface area contributed by atoms with Crippen LogP contribution in [-0.4, -0.2) is 55.0 Å². The maximum atomic E-state index is 4.14. The molecule has 1 saturated heterocycles. The van der Waals surface area contributed by atoms with Gasteiger partial charge in [-0.1, -0.05) is 24.8 Å². The van der Waals surface area contributed by atoms with Gasteiger partial charge in [-0.25, -0.2) is 0 Å². The fourth-order valence-electron chi connectivity index (χ4n) is 4.55. The fourth-order valence-corrected chi connectivity index (χ4v) is 4.55. The highest BCUT2D eigenvalue weighted by Crippen LogP contribution is 2.52. The molecule has 0 N–H and O–H groups in total. The molecular formula is C23H31N3. The highest BCUT2D eigenvalue weighted by molar-refractivity contribution is 5.77. The van der Waals surface area contributed by atoms with Crippen LogP contribution >= 0.6 is 0 Å². The molecule has 0 aromatic heterocycles. The zero-order valence-corrected chi connectivity index (χ0v) is 16.7. The van der Waals surface area contributed by atoms with E-state index in [-0.39, 0.29) is 0 Å². The number of nitrogens with zero attached hydrogens (tertiary/aromatic N) is 3. The van der Waals surface area contributed by atoms with Crippen LogP contribution in [0.4, 0.5) is 0 Å². The summed E-state index contributed by atoms with van der Waals surface area (Å²) in [4.78, 5) is 7.30. The summed E-state index contributed by atoms with van der Waals surface area (Å²) in [6.45, 7) is 13.3. The molecule has 2 fully saturated rings. The molecule has 0 spiro atoms. The highest BCUT2D eigenvalue weighted by Gasteiger charge is 2.50. The minimum atomic E-state index is 0.307. The van der Waals surface area contributed by atoms with E-state index in [1.54, 1.807) is 5.56 Å². The van der Waals surface area contributed by atoms with Gasteiger partial charge in [0.15, 0.2) is 0 Å². The van der Waals surface area contributed by atoms with Gasteiger partial charge in [-0.05, 0) is 67.6 Å². The Bertz CT molecular complexity index is 790. The number of rotatable bonds is 3. The Labute approximate surface area is 158 Å². The van der Waals surface area contributed by atoms with Crippen molar-refractivity contribution < 1.29 is 0 Å². The molecule has 3 heteroatoms. The Morgan fingerprint density at radius 1 is 1.00 bits per heavy atom. The van der Waals surface area contributed by atoms with Gasteiger partial charge in [-0.2, -0.15) is 0 Å². The zero-order valence-electron chi connectivity index (χ0n) is 16.7. The normalized spacial score (nSPS) is 23.7. The molecule has 2 heterocycles. The molecule has 0 bridgehead atoms. The molecule has 0 unspecified atom stereocenters. The van der Waals surface area contributed by atoms with E-state index >= 15 is 0 Å². The molecular weight excluding hydrogens is 318 g/mol. The van der Waals surface area contributed by atoms with Crippen LogP contribution in [0, 0.1) is 6.92 Å². The lowest BCUT2D eigenvalue weighted by molar-refractivity contribution is 0.0973. The van der Waals surface area contributed by atoms with Gasteiger partial charge in [-0.15, -0.1) is 0 Å². The van der Waals surface area contributed by atoms with Gasteiger partial charge in [0.1, 0.15) is 0 Å². The molecule has 1 aromatic rings. The van der Waals surface area contributed by atoms with Crippen molar-refractivity contribution in [2.75, 3.05) is 40.3 Å². The first kappa shape index (κ1) is 17.6. The predicted molar refractivity (Wildman–Crippen MR) is 110 cm³/mol. The minimum Gasteiger partial charge on any atom is -0.351 e. The van der Waals surface area contributed by atoms with Crippen LogP contribution in [0.3, 0.4) is 0 Å². The Kier molecular flexibility index (Phi) is 4.32. The lowest BCUT2D eigenvalue weighted by atomic mass is 9.92. The summed E-state index contributed by atoms with van der Waals surface area (Å²) in [5, 5.41) is 0. The number of benzene rings is 1. The van der Waals surface area contributed by atoms with Crippen molar-refractivity contribution in [3.05, 3.63) is 65.0 Å². The molecule has 1 saturated carbocycles. The molecule has 138 valence electrons. The molecule has 2 aliphatic heterocycles. The summed E-state index contributed by atoms with van der Waals surface area (Å²) in [7, 11) is 4.31. The molecule has 26 heavy (non-hydrogen) atoms. The topological polar surface area (TPSA) is 9.72 Å². The van der Waals surface area contributed by atoms with Crippen molar-refractivity contribution in [1.82, 2.24) is 14.7 Å². The van der Waals surface area contributed by atoms with Gasteiger partial charge in [0, 0.05) is 50.7 Å². The summed E-state index contributed by atoms with van der Waals surface area (Å²) in [5.74, 6) is 0. The second-order valence-electron chi connectivity index (χ2n) is 8.32. The molecule has 1 aliphatic carbocycles. The lowest BCUT2D eigenvalue weighted by Crippen LogP contribution is -2.49. The molecule has 3 aliphatic rings. The Morgan fingerprint density at radius 3 is 2.27 bits per heavy atom. The van der Waals surface area contributed by atoms with Gasteiger partial charge in [0.2, 0.25) is 0 Å². The molecule has 3 nitrogen and oxygen atoms in total. The fraction of sp³-hybridized carbons (Fsp3) is 0.478. The molecule has 0 radical (unpaired) electrons. The third kappa shape index (κ3) is 2.93. The lowest BCUT2D eigenvalue weighted by Gasteiger charge is -2.39. The largest absolute Gasteiger partial charge is 0.351 e. The summed E-state index contributed by atoms with van der Waals surface area (Å²) in [6.07, 6.45) is 7.06. The van der Waals surface area contributed by atoms with Crippen LogP contribution in [-0.2, 0) is 5.54 Å². The van der Waals surface area contributed by atoms with E-state index in [4.69, 9.17) is 0 Å². The molecule has 4 rings (SSSR count). The number of piperazine rings is 1. The van der Waals surface area contributed by atoms with Crippen LogP contribution in [0.15, 0.2) is 48.3 Å². The summed E-state index contributed by atoms with van der Waals surface area (Å²) in [6, 6.07) is 7.09. The highest BCUT2D eigenvalue weighted by atomic mass is 15.3. The number of likely N-dealkylation sites (N-methyl/N-ethyl adjacent to an activating group) is 2. The zero-order chi connectivity index (χ0) is 18.5. The number of hydrogen-bond donors (Lipinski definition) is 0. The Balaban J connectivity index is 1.61. The van der Waals surface area contributed by atoms with E-state index < -0.39 is 0 Å². The van der Waals surface area contributed by atoms with E-state index in [9.17, 15) is 0 Å². The number of aryl methyl sites for hydroxylation is 1. The molecule has 1 aromatic carbocycles. The van der Waals surface area contributed by atoms with Gasteiger partial charge < -0.3 is 9.80 Å². The smallest absolute Gasteiger partial charge is 0.0465 e.